The highest BCUT2D eigenvalue weighted by Gasteiger charge is 2.19. The average molecular weight is 215 g/mol. The molecule has 2 aromatic rings. The molecule has 3 nitrogen and oxygen atoms in total. The lowest BCUT2D eigenvalue weighted by molar-refractivity contribution is 0.414. The van der Waals surface area contributed by atoms with Gasteiger partial charge in [0.05, 0.1) is 0 Å². The maximum absolute atomic E-state index is 4.43. The van der Waals surface area contributed by atoms with E-state index < -0.39 is 0 Å². The lowest BCUT2D eigenvalue weighted by atomic mass is 9.98. The minimum Gasteiger partial charge on any atom is -0.335 e. The second kappa shape index (κ2) is 3.91. The first kappa shape index (κ1) is 9.85. The molecule has 1 aliphatic heterocycles. The van der Waals surface area contributed by atoms with Crippen molar-refractivity contribution in [1.82, 2.24) is 14.9 Å². The number of pyridine rings is 1. The van der Waals surface area contributed by atoms with Crippen molar-refractivity contribution in [1.29, 1.82) is 0 Å². The van der Waals surface area contributed by atoms with E-state index in [2.05, 4.69) is 34.2 Å². The maximum atomic E-state index is 4.43. The van der Waals surface area contributed by atoms with Gasteiger partial charge in [0.25, 0.3) is 0 Å². The van der Waals surface area contributed by atoms with Gasteiger partial charge in [0.2, 0.25) is 0 Å². The average Bonchev–Trinajstić information content (AvgIpc) is 2.69. The monoisotopic (exact) mass is 215 g/mol. The van der Waals surface area contributed by atoms with Gasteiger partial charge in [-0.05, 0) is 37.1 Å². The number of nitrogens with zero attached hydrogens (tertiary/aromatic N) is 2. The van der Waals surface area contributed by atoms with Crippen LogP contribution in [0.3, 0.4) is 0 Å². The van der Waals surface area contributed by atoms with E-state index in [-0.39, 0.29) is 0 Å². The third-order valence-electron chi connectivity index (χ3n) is 3.45. The minimum absolute atomic E-state index is 0.515. The van der Waals surface area contributed by atoms with Crippen LogP contribution in [-0.4, -0.2) is 16.1 Å². The molecular weight excluding hydrogens is 198 g/mol. The standard InChI is InChI=1S/C13H17N3/c1-16-9-11(12-6-2-3-7-14-12)10-5-4-8-15-13(10)16/h4-5,8-9,12,14H,2-3,6-7H2,1H3. The van der Waals surface area contributed by atoms with Gasteiger partial charge in [0.15, 0.2) is 0 Å². The van der Waals surface area contributed by atoms with Crippen LogP contribution in [0.4, 0.5) is 0 Å². The lowest BCUT2D eigenvalue weighted by Gasteiger charge is -2.23. The van der Waals surface area contributed by atoms with E-state index in [9.17, 15) is 0 Å². The normalized spacial score (nSPS) is 21.4. The number of aromatic nitrogens is 2. The summed E-state index contributed by atoms with van der Waals surface area (Å²) in [5, 5.41) is 4.90. The molecule has 2 aromatic heterocycles. The van der Waals surface area contributed by atoms with Crippen molar-refractivity contribution < 1.29 is 0 Å². The highest BCUT2D eigenvalue weighted by Crippen LogP contribution is 2.29. The number of piperidine rings is 1. The van der Waals surface area contributed by atoms with Crippen LogP contribution in [-0.2, 0) is 7.05 Å². The van der Waals surface area contributed by atoms with Gasteiger partial charge in [-0.3, -0.25) is 0 Å². The zero-order valence-corrected chi connectivity index (χ0v) is 9.61. The Labute approximate surface area is 95.5 Å². The van der Waals surface area contributed by atoms with Gasteiger partial charge in [-0.15, -0.1) is 0 Å². The molecule has 16 heavy (non-hydrogen) atoms. The molecule has 0 aliphatic carbocycles. The molecular formula is C13H17N3. The Morgan fingerprint density at radius 1 is 1.44 bits per heavy atom. The van der Waals surface area contributed by atoms with Crippen molar-refractivity contribution in [3.05, 3.63) is 30.1 Å². The topological polar surface area (TPSA) is 29.9 Å². The minimum atomic E-state index is 0.515. The fourth-order valence-corrected chi connectivity index (χ4v) is 2.64. The Morgan fingerprint density at radius 2 is 2.38 bits per heavy atom. The fraction of sp³-hybridized carbons (Fsp3) is 0.462. The van der Waals surface area contributed by atoms with Gasteiger partial charge in [0, 0.05) is 30.9 Å². The molecule has 0 radical (unpaired) electrons. The van der Waals surface area contributed by atoms with Gasteiger partial charge in [0.1, 0.15) is 5.65 Å². The molecule has 84 valence electrons. The zero-order chi connectivity index (χ0) is 11.0. The van der Waals surface area contributed by atoms with Gasteiger partial charge < -0.3 is 9.88 Å². The van der Waals surface area contributed by atoms with E-state index in [1.165, 1.54) is 30.2 Å². The zero-order valence-electron chi connectivity index (χ0n) is 9.61. The molecule has 0 bridgehead atoms. The van der Waals surface area contributed by atoms with Gasteiger partial charge in [-0.2, -0.15) is 0 Å². The van der Waals surface area contributed by atoms with Crippen LogP contribution >= 0.6 is 0 Å². The van der Waals surface area contributed by atoms with Gasteiger partial charge >= 0.3 is 0 Å². The Bertz CT molecular complexity index is 495. The molecule has 3 heteroatoms. The number of fused-ring (bicyclic) bond motifs is 1. The lowest BCUT2D eigenvalue weighted by Crippen LogP contribution is -2.26. The molecule has 3 rings (SSSR count). The predicted molar refractivity (Wildman–Crippen MR) is 65.3 cm³/mol. The van der Waals surface area contributed by atoms with E-state index >= 15 is 0 Å². The van der Waals surface area contributed by atoms with Gasteiger partial charge in [-0.25, -0.2) is 4.98 Å². The first-order valence-corrected chi connectivity index (χ1v) is 5.99. The molecule has 0 saturated carbocycles. The Morgan fingerprint density at radius 3 is 3.19 bits per heavy atom. The third kappa shape index (κ3) is 1.52. The van der Waals surface area contributed by atoms with E-state index in [1.54, 1.807) is 0 Å². The molecule has 0 amide bonds. The molecule has 0 aromatic carbocycles. The summed E-state index contributed by atoms with van der Waals surface area (Å²) in [6.07, 6.45) is 7.96. The number of rotatable bonds is 1. The SMILES string of the molecule is Cn1cc(C2CCCCN2)c2cccnc21. The number of hydrogen-bond acceptors (Lipinski definition) is 2. The summed E-state index contributed by atoms with van der Waals surface area (Å²) in [5.41, 5.74) is 2.50. The van der Waals surface area contributed by atoms with Crippen LogP contribution in [0.15, 0.2) is 24.5 Å². The summed E-state index contributed by atoms with van der Waals surface area (Å²) in [4.78, 5) is 4.43. The van der Waals surface area contributed by atoms with E-state index in [1.807, 2.05) is 12.3 Å². The van der Waals surface area contributed by atoms with Crippen molar-refractivity contribution >= 4 is 11.0 Å². The van der Waals surface area contributed by atoms with Crippen molar-refractivity contribution in [3.8, 4) is 0 Å². The van der Waals surface area contributed by atoms with E-state index in [0.29, 0.717) is 6.04 Å². The molecule has 1 atom stereocenters. The van der Waals surface area contributed by atoms with Crippen molar-refractivity contribution in [2.24, 2.45) is 7.05 Å². The molecule has 1 fully saturated rings. The second-order valence-electron chi connectivity index (χ2n) is 4.57. The first-order valence-electron chi connectivity index (χ1n) is 5.99. The molecule has 1 N–H and O–H groups in total. The highest BCUT2D eigenvalue weighted by atomic mass is 15.0. The van der Waals surface area contributed by atoms with Crippen LogP contribution in [0.25, 0.3) is 11.0 Å². The Hall–Kier alpha value is -1.35. The first-order chi connectivity index (χ1) is 7.86. The van der Waals surface area contributed by atoms with Crippen LogP contribution < -0.4 is 5.32 Å². The maximum Gasteiger partial charge on any atom is 0.139 e. The number of hydrogen-bond donors (Lipinski definition) is 1. The van der Waals surface area contributed by atoms with Crippen molar-refractivity contribution in [2.45, 2.75) is 25.3 Å². The third-order valence-corrected chi connectivity index (χ3v) is 3.45. The smallest absolute Gasteiger partial charge is 0.139 e. The van der Waals surface area contributed by atoms with Crippen LogP contribution in [0, 0.1) is 0 Å². The highest BCUT2D eigenvalue weighted by molar-refractivity contribution is 5.80. The summed E-state index contributed by atoms with van der Waals surface area (Å²) in [6, 6.07) is 4.71. The van der Waals surface area contributed by atoms with Crippen LogP contribution in [0.5, 0.6) is 0 Å². The molecule has 3 heterocycles. The quantitative estimate of drug-likeness (QED) is 0.791. The Kier molecular flexibility index (Phi) is 2.40. The van der Waals surface area contributed by atoms with Crippen molar-refractivity contribution in [2.75, 3.05) is 6.54 Å². The Balaban J connectivity index is 2.08. The number of nitrogens with one attached hydrogen (secondary N) is 1. The molecule has 1 unspecified atom stereocenters. The fourth-order valence-electron chi connectivity index (χ4n) is 2.64. The second-order valence-corrected chi connectivity index (χ2v) is 4.57. The molecule has 1 aliphatic rings. The molecule has 0 spiro atoms. The van der Waals surface area contributed by atoms with E-state index in [0.717, 1.165) is 12.2 Å². The summed E-state index contributed by atoms with van der Waals surface area (Å²) >= 11 is 0. The van der Waals surface area contributed by atoms with Crippen LogP contribution in [0.1, 0.15) is 30.9 Å². The summed E-state index contributed by atoms with van der Waals surface area (Å²) in [5.74, 6) is 0. The van der Waals surface area contributed by atoms with Crippen LogP contribution in [0.2, 0.25) is 0 Å². The van der Waals surface area contributed by atoms with Crippen molar-refractivity contribution in [3.63, 3.8) is 0 Å². The summed E-state index contributed by atoms with van der Waals surface area (Å²) in [6.45, 7) is 1.14. The summed E-state index contributed by atoms with van der Waals surface area (Å²) < 4.78 is 2.13. The summed E-state index contributed by atoms with van der Waals surface area (Å²) in [7, 11) is 2.07. The molecule has 1 saturated heterocycles. The number of aryl methyl sites for hydroxylation is 1. The largest absolute Gasteiger partial charge is 0.335 e. The van der Waals surface area contributed by atoms with Gasteiger partial charge in [-0.1, -0.05) is 6.42 Å². The predicted octanol–water partition coefficient (Wildman–Crippen LogP) is 2.39. The van der Waals surface area contributed by atoms with E-state index in [4.69, 9.17) is 0 Å².